The van der Waals surface area contributed by atoms with Gasteiger partial charge in [-0.05, 0) is 86.4 Å². The van der Waals surface area contributed by atoms with Crippen LogP contribution in [-0.2, 0) is 6.42 Å². The lowest BCUT2D eigenvalue weighted by Gasteiger charge is -2.20. The Kier molecular flexibility index (Phi) is 5.26. The Morgan fingerprint density at radius 2 is 1.15 bits per heavy atom. The van der Waals surface area contributed by atoms with Gasteiger partial charge in [-0.25, -0.2) is 0 Å². The number of fused-ring (bicyclic) bond motifs is 2. The number of hydrogen-bond acceptors (Lipinski definition) is 0. The van der Waals surface area contributed by atoms with Crippen LogP contribution in [0.3, 0.4) is 0 Å². The SMILES string of the molecule is CC1(C)CCC(Cc2ccc3c(-c4ccccc4)c4ccccc4c(-c4ccccc4)c3c2)C1. The van der Waals surface area contributed by atoms with Gasteiger partial charge in [-0.3, -0.25) is 0 Å². The van der Waals surface area contributed by atoms with Gasteiger partial charge < -0.3 is 0 Å². The van der Waals surface area contributed by atoms with E-state index in [0.717, 1.165) is 5.92 Å². The van der Waals surface area contributed by atoms with Crippen molar-refractivity contribution >= 4 is 21.5 Å². The number of rotatable bonds is 4. The van der Waals surface area contributed by atoms with E-state index >= 15 is 0 Å². The first-order valence-electron chi connectivity index (χ1n) is 12.7. The Morgan fingerprint density at radius 3 is 1.71 bits per heavy atom. The topological polar surface area (TPSA) is 0 Å². The Hall–Kier alpha value is -3.38. The normalized spacial score (nSPS) is 17.4. The van der Waals surface area contributed by atoms with Crippen LogP contribution < -0.4 is 0 Å². The van der Waals surface area contributed by atoms with Crippen molar-refractivity contribution in [1.29, 1.82) is 0 Å². The van der Waals surface area contributed by atoms with Gasteiger partial charge in [0.2, 0.25) is 0 Å². The summed E-state index contributed by atoms with van der Waals surface area (Å²) in [6.07, 6.45) is 5.22. The maximum Gasteiger partial charge on any atom is -0.00263 e. The second-order valence-corrected chi connectivity index (χ2v) is 10.9. The van der Waals surface area contributed by atoms with Crippen molar-refractivity contribution in [3.8, 4) is 22.3 Å². The molecule has 0 radical (unpaired) electrons. The largest absolute Gasteiger partial charge is 0.0622 e. The van der Waals surface area contributed by atoms with Crippen LogP contribution >= 0.6 is 0 Å². The highest BCUT2D eigenvalue weighted by Crippen LogP contribution is 2.45. The molecule has 1 unspecified atom stereocenters. The van der Waals surface area contributed by atoms with E-state index in [1.54, 1.807) is 0 Å². The molecule has 0 heteroatoms. The molecule has 5 aromatic carbocycles. The van der Waals surface area contributed by atoms with E-state index in [9.17, 15) is 0 Å². The van der Waals surface area contributed by atoms with Crippen LogP contribution in [0.5, 0.6) is 0 Å². The first-order valence-corrected chi connectivity index (χ1v) is 12.7. The van der Waals surface area contributed by atoms with Crippen LogP contribution in [-0.4, -0.2) is 0 Å². The van der Waals surface area contributed by atoms with E-state index in [4.69, 9.17) is 0 Å². The summed E-state index contributed by atoms with van der Waals surface area (Å²) in [5.74, 6) is 0.793. The minimum absolute atomic E-state index is 0.493. The Morgan fingerprint density at radius 1 is 0.618 bits per heavy atom. The minimum atomic E-state index is 0.493. The summed E-state index contributed by atoms with van der Waals surface area (Å²) in [6, 6.07) is 38.1. The van der Waals surface area contributed by atoms with Crippen molar-refractivity contribution in [3.05, 3.63) is 109 Å². The van der Waals surface area contributed by atoms with Crippen LogP contribution in [0.25, 0.3) is 43.8 Å². The van der Waals surface area contributed by atoms with Crippen LogP contribution in [0.2, 0.25) is 0 Å². The molecule has 1 saturated carbocycles. The van der Waals surface area contributed by atoms with Crippen LogP contribution in [0, 0.1) is 11.3 Å². The van der Waals surface area contributed by atoms with Crippen molar-refractivity contribution in [2.24, 2.45) is 11.3 Å². The van der Waals surface area contributed by atoms with E-state index in [1.807, 2.05) is 0 Å². The standard InChI is InChI=1S/C34H32/c1-34(2)20-19-25(23-34)21-24-17-18-30-31(22-24)33(27-13-7-4-8-14-27)29-16-10-9-15-28(29)32(30)26-11-5-3-6-12-26/h3-18,22,25H,19-21,23H2,1-2H3. The van der Waals surface area contributed by atoms with Gasteiger partial charge in [-0.2, -0.15) is 0 Å². The average Bonchev–Trinajstić information content (AvgIpc) is 3.21. The summed E-state index contributed by atoms with van der Waals surface area (Å²) in [4.78, 5) is 0. The molecule has 0 heterocycles. The summed E-state index contributed by atoms with van der Waals surface area (Å²) in [5, 5.41) is 5.38. The number of benzene rings is 5. The fourth-order valence-electron chi connectivity index (χ4n) is 6.27. The quantitative estimate of drug-likeness (QED) is 0.244. The Labute approximate surface area is 203 Å². The van der Waals surface area contributed by atoms with Crippen molar-refractivity contribution in [1.82, 2.24) is 0 Å². The molecule has 1 atom stereocenters. The average molecular weight is 441 g/mol. The molecule has 1 fully saturated rings. The minimum Gasteiger partial charge on any atom is -0.0622 e. The van der Waals surface area contributed by atoms with E-state index in [2.05, 4.69) is 117 Å². The van der Waals surface area contributed by atoms with Crippen LogP contribution in [0.1, 0.15) is 38.7 Å². The molecule has 0 aliphatic heterocycles. The predicted octanol–water partition coefficient (Wildman–Crippen LogP) is 9.70. The maximum absolute atomic E-state index is 2.50. The third-order valence-electron chi connectivity index (χ3n) is 7.81. The third kappa shape index (κ3) is 3.82. The fraction of sp³-hybridized carbons (Fsp3) is 0.235. The van der Waals surface area contributed by atoms with Gasteiger partial charge >= 0.3 is 0 Å². The first-order chi connectivity index (χ1) is 16.6. The summed E-state index contributed by atoms with van der Waals surface area (Å²) < 4.78 is 0. The molecule has 0 aromatic heterocycles. The lowest BCUT2D eigenvalue weighted by atomic mass is 9.84. The van der Waals surface area contributed by atoms with E-state index < -0.39 is 0 Å². The molecule has 168 valence electrons. The molecule has 1 aliphatic rings. The second kappa shape index (κ2) is 8.44. The summed E-state index contributed by atoms with van der Waals surface area (Å²) in [5.41, 5.74) is 7.25. The zero-order valence-corrected chi connectivity index (χ0v) is 20.2. The smallest absolute Gasteiger partial charge is 0.00263 e. The molecular formula is C34H32. The third-order valence-corrected chi connectivity index (χ3v) is 7.81. The van der Waals surface area contributed by atoms with Gasteiger partial charge in [0.15, 0.2) is 0 Å². The Bertz CT molecular complexity index is 1460. The molecule has 0 amide bonds. The molecule has 5 aromatic rings. The van der Waals surface area contributed by atoms with Crippen LogP contribution in [0.15, 0.2) is 103 Å². The summed E-state index contributed by atoms with van der Waals surface area (Å²) in [6.45, 7) is 4.86. The van der Waals surface area contributed by atoms with Gasteiger partial charge in [0, 0.05) is 0 Å². The van der Waals surface area contributed by atoms with Crippen molar-refractivity contribution < 1.29 is 0 Å². The van der Waals surface area contributed by atoms with Gasteiger partial charge in [0.25, 0.3) is 0 Å². The lowest BCUT2D eigenvalue weighted by molar-refractivity contribution is 0.360. The second-order valence-electron chi connectivity index (χ2n) is 10.9. The monoisotopic (exact) mass is 440 g/mol. The highest BCUT2D eigenvalue weighted by Gasteiger charge is 2.30. The Balaban J connectivity index is 1.63. The highest BCUT2D eigenvalue weighted by atomic mass is 14.4. The maximum atomic E-state index is 2.50. The molecule has 6 rings (SSSR count). The molecule has 1 aliphatic carbocycles. The fourth-order valence-corrected chi connectivity index (χ4v) is 6.27. The van der Waals surface area contributed by atoms with Gasteiger partial charge in [-0.1, -0.05) is 117 Å². The zero-order valence-electron chi connectivity index (χ0n) is 20.2. The van der Waals surface area contributed by atoms with Crippen molar-refractivity contribution in [3.63, 3.8) is 0 Å². The first kappa shape index (κ1) is 21.2. The molecule has 34 heavy (non-hydrogen) atoms. The van der Waals surface area contributed by atoms with E-state index in [1.165, 1.54) is 75.0 Å². The van der Waals surface area contributed by atoms with Crippen molar-refractivity contribution in [2.45, 2.75) is 39.5 Å². The molecule has 0 spiro atoms. The van der Waals surface area contributed by atoms with Gasteiger partial charge in [-0.15, -0.1) is 0 Å². The summed E-state index contributed by atoms with van der Waals surface area (Å²) in [7, 11) is 0. The van der Waals surface area contributed by atoms with Crippen molar-refractivity contribution in [2.75, 3.05) is 0 Å². The molecular weight excluding hydrogens is 408 g/mol. The molecule has 0 saturated heterocycles. The van der Waals surface area contributed by atoms with E-state index in [0.29, 0.717) is 5.41 Å². The summed E-state index contributed by atoms with van der Waals surface area (Å²) >= 11 is 0. The predicted molar refractivity (Wildman–Crippen MR) is 147 cm³/mol. The van der Waals surface area contributed by atoms with Gasteiger partial charge in [0.1, 0.15) is 0 Å². The zero-order chi connectivity index (χ0) is 23.1. The van der Waals surface area contributed by atoms with Gasteiger partial charge in [0.05, 0.1) is 0 Å². The number of hydrogen-bond donors (Lipinski definition) is 0. The van der Waals surface area contributed by atoms with E-state index in [-0.39, 0.29) is 0 Å². The molecule has 0 N–H and O–H groups in total. The molecule has 0 bridgehead atoms. The highest BCUT2D eigenvalue weighted by molar-refractivity contribution is 6.21. The molecule has 0 nitrogen and oxygen atoms in total. The lowest BCUT2D eigenvalue weighted by Crippen LogP contribution is -2.06. The van der Waals surface area contributed by atoms with Crippen LogP contribution in [0.4, 0.5) is 0 Å².